The monoisotopic (exact) mass is 523 g/mol. The summed E-state index contributed by atoms with van der Waals surface area (Å²) in [6.07, 6.45) is -1.15. The summed E-state index contributed by atoms with van der Waals surface area (Å²) in [6.45, 7) is 1.15. The Bertz CT molecular complexity index is 919. The van der Waals surface area contributed by atoms with Gasteiger partial charge in [-0.3, -0.25) is 4.99 Å². The molecule has 0 saturated heterocycles. The Morgan fingerprint density at radius 2 is 1.89 bits per heavy atom. The first-order chi connectivity index (χ1) is 13.0. The van der Waals surface area contributed by atoms with Gasteiger partial charge >= 0.3 is 6.18 Å². The molecule has 0 amide bonds. The van der Waals surface area contributed by atoms with E-state index in [1.807, 2.05) is 24.4 Å². The minimum atomic E-state index is -4.39. The first-order valence-electron chi connectivity index (χ1n) is 8.48. The summed E-state index contributed by atoms with van der Waals surface area (Å²) in [6, 6.07) is 8.12. The van der Waals surface area contributed by atoms with Crippen molar-refractivity contribution in [3.63, 3.8) is 0 Å². The third kappa shape index (κ3) is 5.84. The number of rotatable bonds is 6. The highest BCUT2D eigenvalue weighted by molar-refractivity contribution is 14.0. The highest BCUT2D eigenvalue weighted by atomic mass is 127. The third-order valence-corrected chi connectivity index (χ3v) is 4.97. The largest absolute Gasteiger partial charge is 0.434 e. The number of H-pyrrole nitrogens is 1. The zero-order valence-electron chi connectivity index (χ0n) is 15.1. The number of nitrogens with zero attached hydrogens (tertiary/aromatic N) is 2. The number of para-hydroxylation sites is 1. The second-order valence-corrected chi connectivity index (χ2v) is 6.85. The third-order valence-electron chi connectivity index (χ3n) is 4.06. The van der Waals surface area contributed by atoms with Gasteiger partial charge in [-0.1, -0.05) is 18.2 Å². The number of benzene rings is 1. The number of halogens is 4. The SMILES string of the molecule is CN=C(NCCc1nc(C(F)(F)F)cs1)NCCc1c[nH]c2ccccc12.I. The Hall–Kier alpha value is -1.82. The van der Waals surface area contributed by atoms with Crippen LogP contribution in [0.5, 0.6) is 0 Å². The minimum absolute atomic E-state index is 0. The number of hydrogen-bond donors (Lipinski definition) is 3. The van der Waals surface area contributed by atoms with Crippen molar-refractivity contribution in [2.45, 2.75) is 19.0 Å². The molecule has 0 spiro atoms. The fourth-order valence-electron chi connectivity index (χ4n) is 2.72. The van der Waals surface area contributed by atoms with Crippen molar-refractivity contribution in [3.8, 4) is 0 Å². The van der Waals surface area contributed by atoms with Crippen LogP contribution in [0.25, 0.3) is 10.9 Å². The van der Waals surface area contributed by atoms with Crippen LogP contribution in [0.15, 0.2) is 40.8 Å². The van der Waals surface area contributed by atoms with Gasteiger partial charge in [0.2, 0.25) is 0 Å². The molecule has 0 fully saturated rings. The van der Waals surface area contributed by atoms with Crippen LogP contribution >= 0.6 is 35.3 Å². The maximum Gasteiger partial charge on any atom is 0.434 e. The molecule has 0 bridgehead atoms. The van der Waals surface area contributed by atoms with Gasteiger partial charge in [0.1, 0.15) is 0 Å². The molecule has 2 aromatic heterocycles. The van der Waals surface area contributed by atoms with Crippen molar-refractivity contribution in [1.82, 2.24) is 20.6 Å². The van der Waals surface area contributed by atoms with Crippen molar-refractivity contribution < 1.29 is 13.2 Å². The van der Waals surface area contributed by atoms with Gasteiger partial charge in [0.05, 0.1) is 5.01 Å². The molecule has 28 heavy (non-hydrogen) atoms. The Labute approximate surface area is 181 Å². The quantitative estimate of drug-likeness (QED) is 0.258. The predicted octanol–water partition coefficient (Wildman–Crippen LogP) is 4.21. The molecular weight excluding hydrogens is 502 g/mol. The molecule has 0 aliphatic rings. The lowest BCUT2D eigenvalue weighted by molar-refractivity contribution is -0.140. The fourth-order valence-corrected chi connectivity index (χ4v) is 3.52. The van der Waals surface area contributed by atoms with Crippen molar-refractivity contribution in [2.75, 3.05) is 20.1 Å². The van der Waals surface area contributed by atoms with E-state index in [9.17, 15) is 13.2 Å². The van der Waals surface area contributed by atoms with Gasteiger partial charge in [-0.05, 0) is 18.1 Å². The Morgan fingerprint density at radius 1 is 1.18 bits per heavy atom. The Balaban J connectivity index is 0.00000280. The Kier molecular flexibility index (Phi) is 8.10. The van der Waals surface area contributed by atoms with Gasteiger partial charge in [0, 0.05) is 49.0 Å². The Morgan fingerprint density at radius 3 is 2.57 bits per heavy atom. The van der Waals surface area contributed by atoms with Crippen molar-refractivity contribution in [2.24, 2.45) is 4.99 Å². The molecule has 2 heterocycles. The van der Waals surface area contributed by atoms with Crippen LogP contribution < -0.4 is 10.6 Å². The van der Waals surface area contributed by atoms with E-state index in [-0.39, 0.29) is 24.0 Å². The molecule has 1 aromatic carbocycles. The summed E-state index contributed by atoms with van der Waals surface area (Å²) in [5, 5.41) is 9.01. The molecule has 10 heteroatoms. The van der Waals surface area contributed by atoms with Crippen LogP contribution in [0.3, 0.4) is 0 Å². The maximum absolute atomic E-state index is 12.6. The molecule has 5 nitrogen and oxygen atoms in total. The lowest BCUT2D eigenvalue weighted by Gasteiger charge is -2.11. The smallest absolute Gasteiger partial charge is 0.361 e. The summed E-state index contributed by atoms with van der Waals surface area (Å²) in [4.78, 5) is 11.0. The van der Waals surface area contributed by atoms with Gasteiger partial charge in [-0.15, -0.1) is 35.3 Å². The zero-order chi connectivity index (χ0) is 19.3. The number of nitrogens with one attached hydrogen (secondary N) is 3. The highest BCUT2D eigenvalue weighted by Gasteiger charge is 2.33. The molecular formula is C18H21F3IN5S. The number of aromatic nitrogens is 2. The minimum Gasteiger partial charge on any atom is -0.361 e. The van der Waals surface area contributed by atoms with Gasteiger partial charge in [-0.2, -0.15) is 13.2 Å². The van der Waals surface area contributed by atoms with Crippen LogP contribution in [0.1, 0.15) is 16.3 Å². The fraction of sp³-hybridized carbons (Fsp3) is 0.333. The maximum atomic E-state index is 12.6. The van der Waals surface area contributed by atoms with Gasteiger partial charge < -0.3 is 15.6 Å². The molecule has 0 radical (unpaired) electrons. The van der Waals surface area contributed by atoms with Crippen LogP contribution in [-0.4, -0.2) is 36.1 Å². The van der Waals surface area contributed by atoms with Crippen LogP contribution in [0, 0.1) is 0 Å². The molecule has 0 aliphatic heterocycles. The topological polar surface area (TPSA) is 65.1 Å². The van der Waals surface area contributed by atoms with E-state index in [0.29, 0.717) is 30.5 Å². The normalized spacial score (nSPS) is 12.1. The van der Waals surface area contributed by atoms with Crippen molar-refractivity contribution in [1.29, 1.82) is 0 Å². The number of hydrogen-bond acceptors (Lipinski definition) is 3. The summed E-state index contributed by atoms with van der Waals surface area (Å²) >= 11 is 1.02. The number of alkyl halides is 3. The molecule has 3 N–H and O–H groups in total. The van der Waals surface area contributed by atoms with Crippen molar-refractivity contribution >= 4 is 52.2 Å². The van der Waals surface area contributed by atoms with E-state index in [1.165, 1.54) is 10.9 Å². The van der Waals surface area contributed by atoms with E-state index < -0.39 is 11.9 Å². The molecule has 0 unspecified atom stereocenters. The second-order valence-electron chi connectivity index (χ2n) is 5.91. The van der Waals surface area contributed by atoms with E-state index in [1.54, 1.807) is 7.05 Å². The van der Waals surface area contributed by atoms with Gasteiger partial charge in [-0.25, -0.2) is 4.98 Å². The number of guanidine groups is 1. The lowest BCUT2D eigenvalue weighted by Crippen LogP contribution is -2.39. The molecule has 3 rings (SSSR count). The first kappa shape index (κ1) is 22.5. The second kappa shape index (κ2) is 10.1. The number of aromatic amines is 1. The zero-order valence-corrected chi connectivity index (χ0v) is 18.3. The summed E-state index contributed by atoms with van der Waals surface area (Å²) in [5.74, 6) is 0.613. The van der Waals surface area contributed by atoms with Gasteiger partial charge in [0.25, 0.3) is 0 Å². The average molecular weight is 523 g/mol. The first-order valence-corrected chi connectivity index (χ1v) is 9.36. The summed E-state index contributed by atoms with van der Waals surface area (Å²) < 4.78 is 37.7. The van der Waals surface area contributed by atoms with E-state index in [2.05, 4.69) is 31.7 Å². The lowest BCUT2D eigenvalue weighted by atomic mass is 10.1. The van der Waals surface area contributed by atoms with Crippen molar-refractivity contribution in [3.05, 3.63) is 52.1 Å². The summed E-state index contributed by atoms with van der Waals surface area (Å²) in [7, 11) is 1.66. The summed E-state index contributed by atoms with van der Waals surface area (Å²) in [5.41, 5.74) is 1.50. The van der Waals surface area contributed by atoms with Gasteiger partial charge in [0.15, 0.2) is 11.7 Å². The molecule has 3 aromatic rings. The average Bonchev–Trinajstić information content (AvgIpc) is 3.27. The predicted molar refractivity (Wildman–Crippen MR) is 118 cm³/mol. The highest BCUT2D eigenvalue weighted by Crippen LogP contribution is 2.30. The molecule has 152 valence electrons. The van der Waals surface area contributed by atoms with Crippen LogP contribution in [-0.2, 0) is 19.0 Å². The van der Waals surface area contributed by atoms with E-state index in [4.69, 9.17) is 0 Å². The number of aliphatic imine (C=N–C) groups is 1. The molecule has 0 saturated carbocycles. The van der Waals surface area contributed by atoms with E-state index >= 15 is 0 Å². The standard InChI is InChI=1S/C18H20F3N5S.HI/c1-22-17(24-9-7-16-26-15(11-27-16)18(19,20)21)23-8-6-12-10-25-14-5-3-2-4-13(12)14;/h2-5,10-11,25H,6-9H2,1H3,(H2,22,23,24);1H. The number of thiazole rings is 1. The van der Waals surface area contributed by atoms with E-state index in [0.717, 1.165) is 28.7 Å². The molecule has 0 aliphatic carbocycles. The van der Waals surface area contributed by atoms with Crippen LogP contribution in [0.4, 0.5) is 13.2 Å². The molecule has 0 atom stereocenters. The number of fused-ring (bicyclic) bond motifs is 1. The van der Waals surface area contributed by atoms with Crippen LogP contribution in [0.2, 0.25) is 0 Å².